The number of aliphatic hydroxyl groups excluding tert-OH is 1. The number of anilines is 2. The molecular formula is C20H22N4O3S. The Labute approximate surface area is 166 Å². The molecule has 0 aliphatic heterocycles. The van der Waals surface area contributed by atoms with Crippen LogP contribution in [0, 0.1) is 0 Å². The number of amidine groups is 1. The van der Waals surface area contributed by atoms with E-state index in [4.69, 9.17) is 10.5 Å². The molecule has 1 aromatic heterocycles. The number of aliphatic hydroxyl groups is 1. The highest BCUT2D eigenvalue weighted by molar-refractivity contribution is 7.10. The Bertz CT molecular complexity index is 977. The molecule has 3 aromatic rings. The molecule has 7 nitrogen and oxygen atoms in total. The normalized spacial score (nSPS) is 12.6. The van der Waals surface area contributed by atoms with Crippen LogP contribution in [0.3, 0.4) is 0 Å². The van der Waals surface area contributed by atoms with E-state index >= 15 is 0 Å². The van der Waals surface area contributed by atoms with Crippen molar-refractivity contribution in [3.05, 3.63) is 70.5 Å². The lowest BCUT2D eigenvalue weighted by Gasteiger charge is -2.10. The van der Waals surface area contributed by atoms with Crippen molar-refractivity contribution >= 4 is 28.1 Å². The molecule has 0 fully saturated rings. The molecule has 1 heterocycles. The van der Waals surface area contributed by atoms with Crippen LogP contribution in [0.1, 0.15) is 18.9 Å². The van der Waals surface area contributed by atoms with Crippen molar-refractivity contribution in [2.24, 2.45) is 10.7 Å². The average Bonchev–Trinajstić information content (AvgIpc) is 3.08. The molecule has 0 saturated carbocycles. The molecule has 28 heavy (non-hydrogen) atoms. The number of benzene rings is 2. The first kappa shape index (κ1) is 19.7. The van der Waals surface area contributed by atoms with Crippen LogP contribution in [0.5, 0.6) is 11.5 Å². The summed E-state index contributed by atoms with van der Waals surface area (Å²) in [5, 5.41) is 13.1. The van der Waals surface area contributed by atoms with Gasteiger partial charge in [-0.1, -0.05) is 25.1 Å². The monoisotopic (exact) mass is 398 g/mol. The van der Waals surface area contributed by atoms with Crippen molar-refractivity contribution in [3.8, 4) is 11.5 Å². The summed E-state index contributed by atoms with van der Waals surface area (Å²) in [7, 11) is 0. The third-order valence-corrected chi connectivity index (χ3v) is 4.85. The van der Waals surface area contributed by atoms with E-state index < -0.39 is 0 Å². The van der Waals surface area contributed by atoms with Crippen LogP contribution in [-0.2, 0) is 0 Å². The summed E-state index contributed by atoms with van der Waals surface area (Å²) >= 11 is 1.15. The zero-order chi connectivity index (χ0) is 19.9. The Morgan fingerprint density at radius 3 is 2.54 bits per heavy atom. The van der Waals surface area contributed by atoms with Crippen LogP contribution in [0.25, 0.3) is 0 Å². The van der Waals surface area contributed by atoms with Crippen molar-refractivity contribution in [3.63, 3.8) is 0 Å². The minimum Gasteiger partial charge on any atom is -0.457 e. The standard InChI is InChI=1S/C20H22N4O3S/c1-2-13(12-25)22-18(21)17-19(26)24-28-20(17)23-14-8-10-16(11-9-14)27-15-6-4-3-5-7-15/h3-11,13,23,25H,2,12H2,1H3,(H2,21,22)(H,24,26)/t13-/m0/s1. The molecule has 0 unspecified atom stereocenters. The maximum atomic E-state index is 12.2. The van der Waals surface area contributed by atoms with Crippen molar-refractivity contribution in [1.29, 1.82) is 0 Å². The second-order valence-electron chi connectivity index (χ2n) is 6.06. The van der Waals surface area contributed by atoms with Crippen molar-refractivity contribution in [1.82, 2.24) is 4.37 Å². The molecule has 2 aromatic carbocycles. The molecular weight excluding hydrogens is 376 g/mol. The SMILES string of the molecule is CC[C@@H](CO)N=C(N)c1c(Nc2ccc(Oc3ccccc3)cc2)s[nH]c1=O. The zero-order valence-electron chi connectivity index (χ0n) is 15.4. The minimum absolute atomic E-state index is 0.106. The number of ether oxygens (including phenoxy) is 1. The van der Waals surface area contributed by atoms with E-state index in [2.05, 4.69) is 14.7 Å². The van der Waals surface area contributed by atoms with Gasteiger partial charge in [-0.15, -0.1) is 0 Å². The van der Waals surface area contributed by atoms with E-state index in [1.807, 2.05) is 61.5 Å². The molecule has 0 aliphatic rings. The van der Waals surface area contributed by atoms with Gasteiger partial charge < -0.3 is 20.9 Å². The van der Waals surface area contributed by atoms with E-state index in [1.54, 1.807) is 0 Å². The molecule has 0 bridgehead atoms. The number of aliphatic imine (C=N–C) groups is 1. The van der Waals surface area contributed by atoms with Crippen molar-refractivity contribution in [2.45, 2.75) is 19.4 Å². The highest BCUT2D eigenvalue weighted by Gasteiger charge is 2.16. The molecule has 1 atom stereocenters. The Morgan fingerprint density at radius 2 is 1.89 bits per heavy atom. The summed E-state index contributed by atoms with van der Waals surface area (Å²) in [5.41, 5.74) is 6.76. The van der Waals surface area contributed by atoms with Crippen LogP contribution in [0.15, 0.2) is 64.4 Å². The Morgan fingerprint density at radius 1 is 1.21 bits per heavy atom. The largest absolute Gasteiger partial charge is 0.457 e. The first-order valence-corrected chi connectivity index (χ1v) is 9.68. The number of hydrogen-bond donors (Lipinski definition) is 4. The Balaban J connectivity index is 1.76. The van der Waals surface area contributed by atoms with E-state index in [0.717, 1.165) is 23.0 Å². The number of nitrogens with one attached hydrogen (secondary N) is 2. The maximum Gasteiger partial charge on any atom is 0.271 e. The molecule has 0 amide bonds. The molecule has 0 spiro atoms. The topological polar surface area (TPSA) is 113 Å². The summed E-state index contributed by atoms with van der Waals surface area (Å²) in [5.74, 6) is 1.57. The van der Waals surface area contributed by atoms with Crippen molar-refractivity contribution < 1.29 is 9.84 Å². The third kappa shape index (κ3) is 4.79. The maximum absolute atomic E-state index is 12.2. The fourth-order valence-corrected chi connectivity index (χ4v) is 3.27. The zero-order valence-corrected chi connectivity index (χ0v) is 16.2. The van der Waals surface area contributed by atoms with Gasteiger partial charge in [-0.3, -0.25) is 14.2 Å². The van der Waals surface area contributed by atoms with Gasteiger partial charge in [0.1, 0.15) is 27.9 Å². The van der Waals surface area contributed by atoms with Gasteiger partial charge >= 0.3 is 0 Å². The average molecular weight is 398 g/mol. The molecule has 0 radical (unpaired) electrons. The lowest BCUT2D eigenvalue weighted by atomic mass is 10.2. The lowest BCUT2D eigenvalue weighted by molar-refractivity contribution is 0.264. The number of aromatic amines is 1. The van der Waals surface area contributed by atoms with E-state index in [1.165, 1.54) is 0 Å². The number of para-hydroxylation sites is 1. The molecule has 3 rings (SSSR count). The number of aromatic nitrogens is 1. The number of hydrogen-bond acceptors (Lipinski definition) is 6. The third-order valence-electron chi connectivity index (χ3n) is 4.05. The van der Waals surface area contributed by atoms with Gasteiger partial charge in [0, 0.05) is 5.69 Å². The molecule has 0 saturated heterocycles. The van der Waals surface area contributed by atoms with Gasteiger partial charge in [0.25, 0.3) is 5.56 Å². The fourth-order valence-electron chi connectivity index (χ4n) is 2.51. The van der Waals surface area contributed by atoms with Gasteiger partial charge in [0.05, 0.1) is 12.6 Å². The smallest absolute Gasteiger partial charge is 0.271 e. The highest BCUT2D eigenvalue weighted by atomic mass is 32.1. The molecule has 146 valence electrons. The van der Waals surface area contributed by atoms with Gasteiger partial charge in [0.2, 0.25) is 0 Å². The summed E-state index contributed by atoms with van der Waals surface area (Å²) in [4.78, 5) is 16.4. The predicted molar refractivity (Wildman–Crippen MR) is 113 cm³/mol. The molecule has 8 heteroatoms. The van der Waals surface area contributed by atoms with Gasteiger partial charge in [-0.05, 0) is 54.4 Å². The number of rotatable bonds is 8. The number of nitrogens with zero attached hydrogens (tertiary/aromatic N) is 1. The van der Waals surface area contributed by atoms with E-state index in [-0.39, 0.29) is 29.6 Å². The van der Waals surface area contributed by atoms with E-state index in [9.17, 15) is 9.90 Å². The minimum atomic E-state index is -0.332. The predicted octanol–water partition coefficient (Wildman–Crippen LogP) is 3.45. The number of H-pyrrole nitrogens is 1. The fraction of sp³-hybridized carbons (Fsp3) is 0.200. The quantitative estimate of drug-likeness (QED) is 0.343. The number of nitrogens with two attached hydrogens (primary N) is 1. The lowest BCUT2D eigenvalue weighted by Crippen LogP contribution is -2.25. The van der Waals surface area contributed by atoms with E-state index in [0.29, 0.717) is 17.2 Å². The van der Waals surface area contributed by atoms with Crippen LogP contribution >= 0.6 is 11.5 Å². The first-order valence-electron chi connectivity index (χ1n) is 8.86. The first-order chi connectivity index (χ1) is 13.6. The van der Waals surface area contributed by atoms with Gasteiger partial charge in [-0.25, -0.2) is 0 Å². The van der Waals surface area contributed by atoms with Crippen LogP contribution < -0.4 is 21.3 Å². The summed E-state index contributed by atoms with van der Waals surface area (Å²) in [6.07, 6.45) is 0.630. The van der Waals surface area contributed by atoms with Crippen molar-refractivity contribution in [2.75, 3.05) is 11.9 Å². The Hall–Kier alpha value is -3.10. The van der Waals surface area contributed by atoms with Gasteiger partial charge in [-0.2, -0.15) is 0 Å². The molecule has 0 aliphatic carbocycles. The van der Waals surface area contributed by atoms with Gasteiger partial charge in [0.15, 0.2) is 0 Å². The van der Waals surface area contributed by atoms with Crippen LogP contribution in [0.2, 0.25) is 0 Å². The second-order valence-corrected chi connectivity index (χ2v) is 6.88. The highest BCUT2D eigenvalue weighted by Crippen LogP contribution is 2.26. The second kappa shape index (κ2) is 9.20. The summed E-state index contributed by atoms with van der Waals surface area (Å²) in [6.45, 7) is 1.78. The molecule has 5 N–H and O–H groups in total. The van der Waals surface area contributed by atoms with Crippen LogP contribution in [-0.4, -0.2) is 28.0 Å². The van der Waals surface area contributed by atoms with Crippen LogP contribution in [0.4, 0.5) is 10.7 Å². The summed E-state index contributed by atoms with van der Waals surface area (Å²) < 4.78 is 8.44. The Kier molecular flexibility index (Phi) is 6.46. The summed E-state index contributed by atoms with van der Waals surface area (Å²) in [6, 6.07) is 16.5.